The van der Waals surface area contributed by atoms with Crippen molar-refractivity contribution in [3.63, 3.8) is 0 Å². The molecule has 1 heterocycles. The Kier molecular flexibility index (Phi) is 5.43. The predicted octanol–water partition coefficient (Wildman–Crippen LogP) is 5.41. The number of aromatic nitrogens is 2. The molecule has 0 fully saturated rings. The molecule has 0 spiro atoms. The highest BCUT2D eigenvalue weighted by Crippen LogP contribution is 2.37. The Morgan fingerprint density at radius 2 is 1.74 bits per heavy atom. The molecule has 7 nitrogen and oxygen atoms in total. The average molecular weight is 445 g/mol. The van der Waals surface area contributed by atoms with Crippen LogP contribution in [0.2, 0.25) is 10.0 Å². The summed E-state index contributed by atoms with van der Waals surface area (Å²) in [6.45, 7) is 1.74. The van der Waals surface area contributed by atoms with Crippen LogP contribution in [0.1, 0.15) is 5.69 Å². The molecule has 0 aliphatic rings. The molecule has 0 bridgehead atoms. The molecular weight excluding hydrogens is 433 g/mol. The lowest BCUT2D eigenvalue weighted by atomic mass is 10.3. The summed E-state index contributed by atoms with van der Waals surface area (Å²) in [7, 11) is 1.28. The SMILES string of the molecule is Cc1nn(-c2ccccc2)c(N)c1/N=N/c1cc(Cl)c(S(=O)(=O)Cl)cc1Cl. The maximum Gasteiger partial charge on any atom is 0.262 e. The highest BCUT2D eigenvalue weighted by atomic mass is 35.7. The summed E-state index contributed by atoms with van der Waals surface area (Å²) in [6.07, 6.45) is 0. The van der Waals surface area contributed by atoms with E-state index in [-0.39, 0.29) is 20.6 Å². The van der Waals surface area contributed by atoms with E-state index in [2.05, 4.69) is 15.3 Å². The minimum absolute atomic E-state index is 0.0223. The molecule has 11 heteroatoms. The maximum absolute atomic E-state index is 11.5. The van der Waals surface area contributed by atoms with Crippen molar-refractivity contribution in [1.82, 2.24) is 9.78 Å². The number of halogens is 3. The lowest BCUT2D eigenvalue weighted by Crippen LogP contribution is -2.01. The number of hydrogen-bond acceptors (Lipinski definition) is 6. The Balaban J connectivity index is 2.01. The highest BCUT2D eigenvalue weighted by Gasteiger charge is 2.18. The van der Waals surface area contributed by atoms with E-state index in [1.807, 2.05) is 30.3 Å². The molecule has 0 saturated heterocycles. The van der Waals surface area contributed by atoms with Gasteiger partial charge in [0.15, 0.2) is 11.5 Å². The van der Waals surface area contributed by atoms with E-state index >= 15 is 0 Å². The summed E-state index contributed by atoms with van der Waals surface area (Å²) in [4.78, 5) is -0.303. The van der Waals surface area contributed by atoms with Crippen LogP contribution in [0.25, 0.3) is 5.69 Å². The summed E-state index contributed by atoms with van der Waals surface area (Å²) < 4.78 is 24.5. The van der Waals surface area contributed by atoms with Crippen molar-refractivity contribution >= 4 is 60.1 Å². The molecule has 0 aliphatic carbocycles. The van der Waals surface area contributed by atoms with Crippen LogP contribution in [0.4, 0.5) is 17.2 Å². The van der Waals surface area contributed by atoms with Crippen LogP contribution in [-0.2, 0) is 9.05 Å². The first-order valence-electron chi connectivity index (χ1n) is 7.44. The van der Waals surface area contributed by atoms with E-state index in [0.717, 1.165) is 11.8 Å². The summed E-state index contributed by atoms with van der Waals surface area (Å²) in [5, 5.41) is 12.4. The number of anilines is 1. The Bertz CT molecular complexity index is 1140. The number of nitrogen functional groups attached to an aromatic ring is 1. The second-order valence-corrected chi connectivity index (χ2v) is 8.79. The first-order chi connectivity index (χ1) is 12.7. The number of para-hydroxylation sites is 1. The smallest absolute Gasteiger partial charge is 0.262 e. The number of hydrogen-bond donors (Lipinski definition) is 1. The van der Waals surface area contributed by atoms with Crippen molar-refractivity contribution in [2.24, 2.45) is 10.2 Å². The van der Waals surface area contributed by atoms with Gasteiger partial charge in [0.2, 0.25) is 0 Å². The number of nitrogens with zero attached hydrogens (tertiary/aromatic N) is 4. The average Bonchev–Trinajstić information content (AvgIpc) is 2.89. The molecule has 0 radical (unpaired) electrons. The minimum Gasteiger partial charge on any atom is -0.382 e. The molecular formula is C16H12Cl3N5O2S. The molecule has 3 aromatic rings. The van der Waals surface area contributed by atoms with Gasteiger partial charge >= 0.3 is 0 Å². The fourth-order valence-corrected chi connectivity index (χ4v) is 4.09. The van der Waals surface area contributed by atoms with E-state index in [0.29, 0.717) is 17.2 Å². The van der Waals surface area contributed by atoms with Gasteiger partial charge in [-0.1, -0.05) is 41.4 Å². The fraction of sp³-hybridized carbons (Fsp3) is 0.0625. The van der Waals surface area contributed by atoms with Crippen molar-refractivity contribution < 1.29 is 8.42 Å². The van der Waals surface area contributed by atoms with Gasteiger partial charge in [0.1, 0.15) is 10.6 Å². The second kappa shape index (κ2) is 7.47. The summed E-state index contributed by atoms with van der Waals surface area (Å²) in [5.41, 5.74) is 8.00. The van der Waals surface area contributed by atoms with Crippen LogP contribution < -0.4 is 5.73 Å². The van der Waals surface area contributed by atoms with E-state index in [9.17, 15) is 8.42 Å². The van der Waals surface area contributed by atoms with Gasteiger partial charge in [-0.15, -0.1) is 10.2 Å². The largest absolute Gasteiger partial charge is 0.382 e. The van der Waals surface area contributed by atoms with E-state index < -0.39 is 9.05 Å². The first kappa shape index (κ1) is 19.6. The molecule has 140 valence electrons. The van der Waals surface area contributed by atoms with Crippen LogP contribution in [-0.4, -0.2) is 18.2 Å². The highest BCUT2D eigenvalue weighted by molar-refractivity contribution is 8.13. The van der Waals surface area contributed by atoms with Gasteiger partial charge in [0.25, 0.3) is 9.05 Å². The Labute approximate surface area is 169 Å². The summed E-state index contributed by atoms with van der Waals surface area (Å²) in [5.74, 6) is 0.296. The van der Waals surface area contributed by atoms with E-state index in [1.54, 1.807) is 11.6 Å². The lowest BCUT2D eigenvalue weighted by molar-refractivity contribution is 0.609. The summed E-state index contributed by atoms with van der Waals surface area (Å²) in [6, 6.07) is 11.7. The van der Waals surface area contributed by atoms with E-state index in [1.165, 1.54) is 6.07 Å². The van der Waals surface area contributed by atoms with Crippen molar-refractivity contribution in [3.05, 3.63) is 58.2 Å². The molecule has 0 saturated carbocycles. The molecule has 2 aromatic carbocycles. The van der Waals surface area contributed by atoms with Gasteiger partial charge in [-0.05, 0) is 31.2 Å². The van der Waals surface area contributed by atoms with Gasteiger partial charge in [-0.3, -0.25) is 0 Å². The van der Waals surface area contributed by atoms with Gasteiger partial charge in [0.05, 0.1) is 21.4 Å². The van der Waals surface area contributed by atoms with Crippen LogP contribution in [0.15, 0.2) is 57.6 Å². The van der Waals surface area contributed by atoms with Crippen molar-refractivity contribution in [2.45, 2.75) is 11.8 Å². The molecule has 1 aromatic heterocycles. The zero-order chi connectivity index (χ0) is 19.8. The molecule has 0 amide bonds. The zero-order valence-corrected chi connectivity index (χ0v) is 16.9. The number of azo groups is 1. The standard InChI is InChI=1S/C16H12Cl3N5O2S/c1-9-15(16(20)24(23-9)10-5-3-2-4-6-10)22-21-13-7-12(18)14(8-11(13)17)27(19,25)26/h2-8H,20H2,1H3/b22-21+. The Hall–Kier alpha value is -2.13. The maximum atomic E-state index is 11.5. The fourth-order valence-electron chi connectivity index (χ4n) is 2.31. The van der Waals surface area contributed by atoms with Crippen molar-refractivity contribution in [3.8, 4) is 5.69 Å². The number of nitrogens with two attached hydrogens (primary N) is 1. The van der Waals surface area contributed by atoms with Gasteiger partial charge in [-0.2, -0.15) is 5.10 Å². The second-order valence-electron chi connectivity index (χ2n) is 5.44. The molecule has 2 N–H and O–H groups in total. The van der Waals surface area contributed by atoms with Gasteiger partial charge in [-0.25, -0.2) is 13.1 Å². The monoisotopic (exact) mass is 443 g/mol. The van der Waals surface area contributed by atoms with Gasteiger partial charge in [0, 0.05) is 10.7 Å². The Morgan fingerprint density at radius 1 is 1.07 bits per heavy atom. The molecule has 3 rings (SSSR count). The summed E-state index contributed by atoms with van der Waals surface area (Å²) >= 11 is 12.0. The topological polar surface area (TPSA) is 103 Å². The van der Waals surface area contributed by atoms with Crippen LogP contribution in [0.5, 0.6) is 0 Å². The number of benzene rings is 2. The van der Waals surface area contributed by atoms with E-state index in [4.69, 9.17) is 39.6 Å². The predicted molar refractivity (Wildman–Crippen MR) is 106 cm³/mol. The Morgan fingerprint density at radius 3 is 2.37 bits per heavy atom. The van der Waals surface area contributed by atoms with Crippen molar-refractivity contribution in [2.75, 3.05) is 5.73 Å². The van der Waals surface area contributed by atoms with Crippen LogP contribution in [0.3, 0.4) is 0 Å². The van der Waals surface area contributed by atoms with Crippen LogP contribution in [0, 0.1) is 6.92 Å². The third-order valence-electron chi connectivity index (χ3n) is 3.59. The minimum atomic E-state index is -4.03. The molecule has 27 heavy (non-hydrogen) atoms. The quantitative estimate of drug-likeness (QED) is 0.429. The lowest BCUT2D eigenvalue weighted by Gasteiger charge is -2.04. The molecule has 0 aliphatic heterocycles. The zero-order valence-electron chi connectivity index (χ0n) is 13.8. The van der Waals surface area contributed by atoms with Gasteiger partial charge < -0.3 is 5.73 Å². The first-order valence-corrected chi connectivity index (χ1v) is 10.5. The third-order valence-corrected chi connectivity index (χ3v) is 5.68. The normalized spacial score (nSPS) is 12.0. The number of rotatable bonds is 4. The number of aryl methyl sites for hydroxylation is 1. The van der Waals surface area contributed by atoms with Crippen LogP contribution >= 0.6 is 33.9 Å². The molecule has 0 unspecified atom stereocenters. The van der Waals surface area contributed by atoms with Crippen molar-refractivity contribution in [1.29, 1.82) is 0 Å². The third kappa shape index (κ3) is 4.08. The molecule has 0 atom stereocenters.